The standard InChI is InChI=1S/C12H15BrO2/c1-2-9-4-3-5-10(8-14)12(9)6-11(15)7-13/h3-5,14H,2,6-8H2,1H3. The molecule has 0 radical (unpaired) electrons. The second kappa shape index (κ2) is 6.03. The van der Waals surface area contributed by atoms with E-state index < -0.39 is 0 Å². The first-order valence-corrected chi connectivity index (χ1v) is 6.13. The van der Waals surface area contributed by atoms with Gasteiger partial charge in [0.2, 0.25) is 0 Å². The fraction of sp³-hybridized carbons (Fsp3) is 0.417. The first kappa shape index (κ1) is 12.4. The van der Waals surface area contributed by atoms with Crippen molar-refractivity contribution >= 4 is 21.7 Å². The smallest absolute Gasteiger partial charge is 0.147 e. The number of halogens is 1. The minimum Gasteiger partial charge on any atom is -0.392 e. The van der Waals surface area contributed by atoms with Crippen molar-refractivity contribution in [3.05, 3.63) is 34.9 Å². The van der Waals surface area contributed by atoms with Gasteiger partial charge in [-0.2, -0.15) is 0 Å². The van der Waals surface area contributed by atoms with Gasteiger partial charge in [0, 0.05) is 6.42 Å². The van der Waals surface area contributed by atoms with E-state index in [0.29, 0.717) is 11.8 Å². The number of alkyl halides is 1. The van der Waals surface area contributed by atoms with Gasteiger partial charge in [0.15, 0.2) is 0 Å². The number of carbonyl (C=O) groups is 1. The molecule has 1 rings (SSSR count). The Hall–Kier alpha value is -0.670. The Bertz CT molecular complexity index is 325. The summed E-state index contributed by atoms with van der Waals surface area (Å²) in [6.07, 6.45) is 1.30. The second-order valence-corrected chi connectivity index (χ2v) is 3.98. The Labute approximate surface area is 98.4 Å². The van der Waals surface area contributed by atoms with Crippen LogP contribution < -0.4 is 0 Å². The number of rotatable bonds is 5. The normalized spacial score (nSPS) is 10.3. The second-order valence-electron chi connectivity index (χ2n) is 3.42. The number of Topliss-reactive ketones (excluding diaryl/α,β-unsaturated/α-hetero) is 1. The van der Waals surface area contributed by atoms with E-state index in [-0.39, 0.29) is 12.4 Å². The molecule has 15 heavy (non-hydrogen) atoms. The molecular weight excluding hydrogens is 256 g/mol. The van der Waals surface area contributed by atoms with Crippen molar-refractivity contribution in [3.8, 4) is 0 Å². The average molecular weight is 271 g/mol. The van der Waals surface area contributed by atoms with Crippen LogP contribution in [0.2, 0.25) is 0 Å². The molecule has 0 atom stereocenters. The molecule has 82 valence electrons. The molecule has 0 fully saturated rings. The Morgan fingerprint density at radius 2 is 2.07 bits per heavy atom. The van der Waals surface area contributed by atoms with Gasteiger partial charge in [0.1, 0.15) is 5.78 Å². The molecule has 0 saturated heterocycles. The summed E-state index contributed by atoms with van der Waals surface area (Å²) in [5, 5.41) is 9.57. The first-order chi connectivity index (χ1) is 7.22. The molecule has 1 aromatic rings. The van der Waals surface area contributed by atoms with E-state index in [0.717, 1.165) is 23.1 Å². The Morgan fingerprint density at radius 1 is 1.40 bits per heavy atom. The van der Waals surface area contributed by atoms with E-state index in [1.54, 1.807) is 0 Å². The summed E-state index contributed by atoms with van der Waals surface area (Å²) >= 11 is 3.15. The molecule has 3 heteroatoms. The van der Waals surface area contributed by atoms with Gasteiger partial charge < -0.3 is 5.11 Å². The fourth-order valence-electron chi connectivity index (χ4n) is 1.64. The zero-order valence-corrected chi connectivity index (χ0v) is 10.4. The lowest BCUT2D eigenvalue weighted by molar-refractivity contribution is -0.115. The Balaban J connectivity index is 3.05. The van der Waals surface area contributed by atoms with Crippen LogP contribution in [0.4, 0.5) is 0 Å². The maximum Gasteiger partial charge on any atom is 0.147 e. The van der Waals surface area contributed by atoms with Gasteiger partial charge >= 0.3 is 0 Å². The highest BCUT2D eigenvalue weighted by molar-refractivity contribution is 9.09. The maximum atomic E-state index is 11.4. The Morgan fingerprint density at radius 3 is 2.60 bits per heavy atom. The van der Waals surface area contributed by atoms with E-state index in [9.17, 15) is 9.90 Å². The van der Waals surface area contributed by atoms with Crippen molar-refractivity contribution < 1.29 is 9.90 Å². The first-order valence-electron chi connectivity index (χ1n) is 5.01. The topological polar surface area (TPSA) is 37.3 Å². The van der Waals surface area contributed by atoms with E-state index in [1.807, 2.05) is 18.2 Å². The van der Waals surface area contributed by atoms with Crippen molar-refractivity contribution in [2.45, 2.75) is 26.4 Å². The van der Waals surface area contributed by atoms with Gasteiger partial charge in [-0.3, -0.25) is 4.79 Å². The van der Waals surface area contributed by atoms with E-state index in [1.165, 1.54) is 0 Å². The molecule has 0 aromatic heterocycles. The minimum absolute atomic E-state index is 0.00125. The fourth-order valence-corrected chi connectivity index (χ4v) is 1.84. The van der Waals surface area contributed by atoms with Crippen LogP contribution in [-0.4, -0.2) is 16.2 Å². The Kier molecular flexibility index (Phi) is 4.99. The van der Waals surface area contributed by atoms with Crippen LogP contribution in [0, 0.1) is 0 Å². The van der Waals surface area contributed by atoms with Crippen LogP contribution in [0.5, 0.6) is 0 Å². The summed E-state index contributed by atoms with van der Waals surface area (Å²) < 4.78 is 0. The lowest BCUT2D eigenvalue weighted by Crippen LogP contribution is -2.09. The number of carbonyl (C=O) groups excluding carboxylic acids is 1. The van der Waals surface area contributed by atoms with Gasteiger partial charge in [0.25, 0.3) is 0 Å². The highest BCUT2D eigenvalue weighted by Gasteiger charge is 2.10. The minimum atomic E-state index is -0.00125. The lowest BCUT2D eigenvalue weighted by atomic mass is 9.96. The van der Waals surface area contributed by atoms with Crippen molar-refractivity contribution in [1.82, 2.24) is 0 Å². The summed E-state index contributed by atoms with van der Waals surface area (Å²) in [6, 6.07) is 5.80. The third kappa shape index (κ3) is 3.14. The monoisotopic (exact) mass is 270 g/mol. The van der Waals surface area contributed by atoms with Gasteiger partial charge in [-0.1, -0.05) is 41.1 Å². The van der Waals surface area contributed by atoms with E-state index >= 15 is 0 Å². The molecule has 0 aliphatic heterocycles. The maximum absolute atomic E-state index is 11.4. The van der Waals surface area contributed by atoms with Crippen LogP contribution in [0.25, 0.3) is 0 Å². The van der Waals surface area contributed by atoms with Gasteiger partial charge in [-0.25, -0.2) is 0 Å². The van der Waals surface area contributed by atoms with Crippen LogP contribution in [0.1, 0.15) is 23.6 Å². The number of aryl methyl sites for hydroxylation is 1. The number of ketones is 1. The summed E-state index contributed by atoms with van der Waals surface area (Å²) in [6.45, 7) is 2.05. The highest BCUT2D eigenvalue weighted by Crippen LogP contribution is 2.17. The average Bonchev–Trinajstić information content (AvgIpc) is 2.29. The van der Waals surface area contributed by atoms with Crippen molar-refractivity contribution in [2.75, 3.05) is 5.33 Å². The van der Waals surface area contributed by atoms with Crippen LogP contribution in [0.3, 0.4) is 0 Å². The van der Waals surface area contributed by atoms with Crippen LogP contribution >= 0.6 is 15.9 Å². The number of hydrogen-bond donors (Lipinski definition) is 1. The zero-order chi connectivity index (χ0) is 11.3. The van der Waals surface area contributed by atoms with E-state index in [2.05, 4.69) is 22.9 Å². The molecule has 0 heterocycles. The van der Waals surface area contributed by atoms with Gasteiger partial charge in [-0.05, 0) is 23.1 Å². The number of hydrogen-bond acceptors (Lipinski definition) is 2. The SMILES string of the molecule is CCc1cccc(CO)c1CC(=O)CBr. The predicted octanol–water partition coefficient (Wildman–Crippen LogP) is 2.25. The molecule has 2 nitrogen and oxygen atoms in total. The molecule has 0 bridgehead atoms. The van der Waals surface area contributed by atoms with Crippen LogP contribution in [0.15, 0.2) is 18.2 Å². The summed E-state index contributed by atoms with van der Waals surface area (Å²) in [5.74, 6) is 0.144. The molecule has 0 saturated carbocycles. The lowest BCUT2D eigenvalue weighted by Gasteiger charge is -2.11. The largest absolute Gasteiger partial charge is 0.392 e. The molecule has 0 aliphatic carbocycles. The van der Waals surface area contributed by atoms with Gasteiger partial charge in [0.05, 0.1) is 11.9 Å². The van der Waals surface area contributed by atoms with Crippen molar-refractivity contribution in [1.29, 1.82) is 0 Å². The predicted molar refractivity (Wildman–Crippen MR) is 64.2 cm³/mol. The van der Waals surface area contributed by atoms with Crippen LogP contribution in [-0.2, 0) is 24.2 Å². The molecule has 0 amide bonds. The molecule has 1 aromatic carbocycles. The molecule has 0 spiro atoms. The molecule has 0 aliphatic rings. The number of aliphatic hydroxyl groups excluding tert-OH is 1. The van der Waals surface area contributed by atoms with E-state index in [4.69, 9.17) is 0 Å². The summed E-state index contributed by atoms with van der Waals surface area (Å²) in [7, 11) is 0. The zero-order valence-electron chi connectivity index (χ0n) is 8.79. The third-order valence-corrected chi connectivity index (χ3v) is 3.07. The summed E-state index contributed by atoms with van der Waals surface area (Å²) in [5.41, 5.74) is 3.01. The number of aliphatic hydroxyl groups is 1. The molecule has 0 unspecified atom stereocenters. The number of benzene rings is 1. The summed E-state index contributed by atoms with van der Waals surface area (Å²) in [4.78, 5) is 11.4. The van der Waals surface area contributed by atoms with Gasteiger partial charge in [-0.15, -0.1) is 0 Å². The van der Waals surface area contributed by atoms with Crippen molar-refractivity contribution in [2.24, 2.45) is 0 Å². The highest BCUT2D eigenvalue weighted by atomic mass is 79.9. The van der Waals surface area contributed by atoms with Crippen molar-refractivity contribution in [3.63, 3.8) is 0 Å². The quantitative estimate of drug-likeness (QED) is 0.834. The molecule has 1 N–H and O–H groups in total. The molecular formula is C12H15BrO2. The third-order valence-electron chi connectivity index (χ3n) is 2.44.